The topological polar surface area (TPSA) is 41.5 Å². The lowest BCUT2D eigenvalue weighted by atomic mass is 10.2. The van der Waals surface area contributed by atoms with Crippen molar-refractivity contribution in [3.8, 4) is 0 Å². The maximum Gasteiger partial charge on any atom is 0.272 e. The molecule has 2 aromatic rings. The highest BCUT2D eigenvalue weighted by Gasteiger charge is 2.07. The second kappa shape index (κ2) is 6.76. The minimum absolute atomic E-state index is 0.324. The maximum absolute atomic E-state index is 13.0. The van der Waals surface area contributed by atoms with Crippen molar-refractivity contribution in [2.45, 2.75) is 0 Å². The van der Waals surface area contributed by atoms with E-state index >= 15 is 0 Å². The van der Waals surface area contributed by atoms with Gasteiger partial charge in [0.25, 0.3) is 5.91 Å². The van der Waals surface area contributed by atoms with Crippen molar-refractivity contribution in [2.75, 3.05) is 0 Å². The van der Waals surface area contributed by atoms with Gasteiger partial charge in [0.05, 0.1) is 16.3 Å². The molecule has 0 aliphatic rings. The van der Waals surface area contributed by atoms with Crippen LogP contribution in [-0.4, -0.2) is 12.1 Å². The van der Waals surface area contributed by atoms with Crippen LogP contribution in [0.25, 0.3) is 0 Å². The number of hydrazone groups is 1. The van der Waals surface area contributed by atoms with Gasteiger partial charge in [-0.05, 0) is 61.7 Å². The predicted octanol–water partition coefficient (Wildman–Crippen LogP) is 4.11. The van der Waals surface area contributed by atoms with E-state index in [0.717, 1.165) is 0 Å². The van der Waals surface area contributed by atoms with Gasteiger partial charge in [-0.2, -0.15) is 5.10 Å². The van der Waals surface area contributed by atoms with Crippen LogP contribution in [0.3, 0.4) is 0 Å². The molecule has 0 heterocycles. The molecule has 6 heteroatoms. The summed E-state index contributed by atoms with van der Waals surface area (Å²) in [6, 6.07) is 11.5. The van der Waals surface area contributed by atoms with Crippen LogP contribution in [0.4, 0.5) is 4.39 Å². The highest BCUT2D eigenvalue weighted by atomic mass is 79.9. The Labute approximate surface area is 132 Å². The highest BCUT2D eigenvalue weighted by molar-refractivity contribution is 9.10. The molecular formula is C14H9Br2FN2O. The van der Waals surface area contributed by atoms with Gasteiger partial charge in [0.1, 0.15) is 5.82 Å². The van der Waals surface area contributed by atoms with Crippen LogP contribution in [0.1, 0.15) is 15.9 Å². The average Bonchev–Trinajstić information content (AvgIpc) is 2.43. The quantitative estimate of drug-likeness (QED) is 0.612. The molecule has 1 amide bonds. The van der Waals surface area contributed by atoms with Crippen molar-refractivity contribution in [1.82, 2.24) is 5.43 Å². The largest absolute Gasteiger partial charge is 0.272 e. The Balaban J connectivity index is 2.05. The molecule has 1 N–H and O–H groups in total. The first-order valence-electron chi connectivity index (χ1n) is 5.61. The fourth-order valence-corrected chi connectivity index (χ4v) is 2.33. The van der Waals surface area contributed by atoms with Crippen LogP contribution in [-0.2, 0) is 0 Å². The molecule has 0 atom stereocenters. The second-order valence-electron chi connectivity index (χ2n) is 3.85. The summed E-state index contributed by atoms with van der Waals surface area (Å²) in [5, 5.41) is 3.84. The number of halogens is 3. The normalized spacial score (nSPS) is 10.8. The monoisotopic (exact) mass is 398 g/mol. The molecule has 102 valence electrons. The molecule has 2 rings (SSSR count). The number of hydrogen-bond donors (Lipinski definition) is 1. The van der Waals surface area contributed by atoms with Gasteiger partial charge < -0.3 is 0 Å². The zero-order valence-electron chi connectivity index (χ0n) is 10.1. The van der Waals surface area contributed by atoms with E-state index < -0.39 is 0 Å². The standard InChI is InChI=1S/C14H9Br2FN2O/c15-11-4-2-1-3-10(11)14(20)19-18-8-9-5-6-13(17)12(16)7-9/h1-8H,(H,19,20)/b18-8+. The van der Waals surface area contributed by atoms with E-state index in [9.17, 15) is 9.18 Å². The van der Waals surface area contributed by atoms with E-state index in [1.165, 1.54) is 12.3 Å². The molecule has 0 radical (unpaired) electrons. The van der Waals surface area contributed by atoms with Crippen LogP contribution >= 0.6 is 31.9 Å². The summed E-state index contributed by atoms with van der Waals surface area (Å²) in [6.07, 6.45) is 1.44. The van der Waals surface area contributed by atoms with Crippen molar-refractivity contribution in [1.29, 1.82) is 0 Å². The first-order chi connectivity index (χ1) is 9.58. The summed E-state index contributed by atoms with van der Waals surface area (Å²) in [5.41, 5.74) is 3.58. The van der Waals surface area contributed by atoms with Gasteiger partial charge in [-0.15, -0.1) is 0 Å². The molecule has 0 saturated carbocycles. The lowest BCUT2D eigenvalue weighted by Gasteiger charge is -2.02. The van der Waals surface area contributed by atoms with Crippen molar-refractivity contribution >= 4 is 44.0 Å². The Kier molecular flexibility index (Phi) is 5.03. The van der Waals surface area contributed by atoms with E-state index in [1.54, 1.807) is 30.3 Å². The lowest BCUT2D eigenvalue weighted by molar-refractivity contribution is 0.0954. The lowest BCUT2D eigenvalue weighted by Crippen LogP contribution is -2.18. The van der Waals surface area contributed by atoms with Crippen LogP contribution < -0.4 is 5.43 Å². The summed E-state index contributed by atoms with van der Waals surface area (Å²) in [4.78, 5) is 11.9. The van der Waals surface area contributed by atoms with E-state index in [0.29, 0.717) is 20.1 Å². The van der Waals surface area contributed by atoms with Crippen LogP contribution in [0, 0.1) is 5.82 Å². The molecule has 20 heavy (non-hydrogen) atoms. The van der Waals surface area contributed by atoms with Gasteiger partial charge in [-0.3, -0.25) is 4.79 Å². The van der Waals surface area contributed by atoms with Gasteiger partial charge in [-0.1, -0.05) is 18.2 Å². The SMILES string of the molecule is O=C(N/N=C/c1ccc(F)c(Br)c1)c1ccccc1Br. The third-order valence-corrected chi connectivity index (χ3v) is 3.74. The van der Waals surface area contributed by atoms with Gasteiger partial charge in [0, 0.05) is 4.47 Å². The number of nitrogens with zero attached hydrogens (tertiary/aromatic N) is 1. The number of rotatable bonds is 3. The summed E-state index contributed by atoms with van der Waals surface area (Å²) in [6.45, 7) is 0. The zero-order valence-corrected chi connectivity index (χ0v) is 13.3. The van der Waals surface area contributed by atoms with Crippen molar-refractivity contribution in [3.63, 3.8) is 0 Å². The molecule has 0 fully saturated rings. The fraction of sp³-hybridized carbons (Fsp3) is 0. The molecule has 0 aliphatic carbocycles. The molecule has 0 spiro atoms. The fourth-order valence-electron chi connectivity index (χ4n) is 1.46. The number of amides is 1. The Morgan fingerprint density at radius 3 is 2.60 bits per heavy atom. The Morgan fingerprint density at radius 2 is 1.90 bits per heavy atom. The number of carbonyl (C=O) groups is 1. The van der Waals surface area contributed by atoms with Gasteiger partial charge in [-0.25, -0.2) is 9.82 Å². The molecule has 0 saturated heterocycles. The first-order valence-corrected chi connectivity index (χ1v) is 7.19. The molecule has 0 bridgehead atoms. The molecule has 0 unspecified atom stereocenters. The van der Waals surface area contributed by atoms with Crippen LogP contribution in [0.5, 0.6) is 0 Å². The predicted molar refractivity (Wildman–Crippen MR) is 83.3 cm³/mol. The molecular weight excluding hydrogens is 391 g/mol. The van der Waals surface area contributed by atoms with E-state index in [-0.39, 0.29) is 11.7 Å². The number of carbonyl (C=O) groups excluding carboxylic acids is 1. The average molecular weight is 400 g/mol. The third kappa shape index (κ3) is 3.74. The number of nitrogens with one attached hydrogen (secondary N) is 1. The number of benzene rings is 2. The van der Waals surface area contributed by atoms with Crippen molar-refractivity contribution in [2.24, 2.45) is 5.10 Å². The van der Waals surface area contributed by atoms with Gasteiger partial charge >= 0.3 is 0 Å². The van der Waals surface area contributed by atoms with E-state index in [4.69, 9.17) is 0 Å². The minimum Gasteiger partial charge on any atom is -0.267 e. The van der Waals surface area contributed by atoms with Crippen molar-refractivity contribution in [3.05, 3.63) is 68.4 Å². The molecule has 3 nitrogen and oxygen atoms in total. The van der Waals surface area contributed by atoms with Gasteiger partial charge in [0.15, 0.2) is 0 Å². The summed E-state index contributed by atoms with van der Waals surface area (Å²) in [5.74, 6) is -0.672. The van der Waals surface area contributed by atoms with Crippen molar-refractivity contribution < 1.29 is 9.18 Å². The molecule has 2 aromatic carbocycles. The van der Waals surface area contributed by atoms with Gasteiger partial charge in [0.2, 0.25) is 0 Å². The smallest absolute Gasteiger partial charge is 0.267 e. The van der Waals surface area contributed by atoms with Crippen LogP contribution in [0.2, 0.25) is 0 Å². The Hall–Kier alpha value is -1.53. The summed E-state index contributed by atoms with van der Waals surface area (Å²) < 4.78 is 14.1. The van der Waals surface area contributed by atoms with Crippen LogP contribution in [0.15, 0.2) is 56.5 Å². The molecule has 0 aromatic heterocycles. The van der Waals surface area contributed by atoms with E-state index in [2.05, 4.69) is 42.4 Å². The maximum atomic E-state index is 13.0. The third-order valence-electron chi connectivity index (χ3n) is 2.44. The minimum atomic E-state index is -0.348. The highest BCUT2D eigenvalue weighted by Crippen LogP contribution is 2.16. The second-order valence-corrected chi connectivity index (χ2v) is 5.56. The number of hydrogen-bond acceptors (Lipinski definition) is 2. The first kappa shape index (κ1) is 14.9. The Bertz CT molecular complexity index is 674. The summed E-state index contributed by atoms with van der Waals surface area (Å²) in [7, 11) is 0. The Morgan fingerprint density at radius 1 is 1.15 bits per heavy atom. The summed E-state index contributed by atoms with van der Waals surface area (Å²) >= 11 is 6.37. The molecule has 0 aliphatic heterocycles. The van der Waals surface area contributed by atoms with E-state index in [1.807, 2.05) is 6.07 Å². The zero-order chi connectivity index (χ0) is 14.5.